The number of aromatic nitrogens is 2. The highest BCUT2D eigenvalue weighted by Crippen LogP contribution is 2.27. The van der Waals surface area contributed by atoms with Gasteiger partial charge in [-0.05, 0) is 18.6 Å². The normalized spacial score (nSPS) is 10.2. The van der Waals surface area contributed by atoms with Gasteiger partial charge in [0.15, 0.2) is 16.6 Å². The highest BCUT2D eigenvalue weighted by Gasteiger charge is 2.21. The summed E-state index contributed by atoms with van der Waals surface area (Å²) in [6.07, 6.45) is 3.37. The van der Waals surface area contributed by atoms with E-state index in [1.165, 1.54) is 14.0 Å². The monoisotopic (exact) mass is 291 g/mol. The molecule has 0 aliphatic carbocycles. The van der Waals surface area contributed by atoms with Crippen LogP contribution in [-0.4, -0.2) is 28.8 Å². The number of carbonyl (C=O) groups is 2. The Bertz CT molecular complexity index is 667. The van der Waals surface area contributed by atoms with Gasteiger partial charge in [0.25, 0.3) is 0 Å². The Hall–Kier alpha value is -2.28. The van der Waals surface area contributed by atoms with Crippen LogP contribution in [0.2, 0.25) is 0 Å². The number of esters is 1. The van der Waals surface area contributed by atoms with Crippen LogP contribution in [0.15, 0.2) is 18.5 Å². The number of carbonyl (C=O) groups excluding carboxylic acids is 2. The summed E-state index contributed by atoms with van der Waals surface area (Å²) in [7, 11) is 1.25. The Labute approximate surface area is 119 Å². The molecule has 0 saturated heterocycles. The average Bonchev–Trinajstić information content (AvgIpc) is 2.82. The lowest BCUT2D eigenvalue weighted by Crippen LogP contribution is -2.07. The third-order valence-corrected chi connectivity index (χ3v) is 3.52. The van der Waals surface area contributed by atoms with Crippen LogP contribution in [-0.2, 0) is 4.74 Å². The second kappa shape index (κ2) is 5.79. The number of ether oxygens (including phenoxy) is 1. The molecular weight excluding hydrogens is 278 g/mol. The van der Waals surface area contributed by atoms with Crippen molar-refractivity contribution in [2.45, 2.75) is 13.8 Å². The molecule has 0 spiro atoms. The smallest absolute Gasteiger partial charge is 0.358 e. The minimum absolute atomic E-state index is 0.0353. The van der Waals surface area contributed by atoms with E-state index >= 15 is 0 Å². The molecule has 2 aromatic rings. The van der Waals surface area contributed by atoms with Gasteiger partial charge in [-0.15, -0.1) is 0 Å². The maximum atomic E-state index is 11.6. The maximum Gasteiger partial charge on any atom is 0.358 e. The molecule has 2 heterocycles. The molecule has 2 rings (SSSR count). The number of thiazole rings is 1. The molecule has 0 aliphatic heterocycles. The first-order chi connectivity index (χ1) is 9.51. The van der Waals surface area contributed by atoms with E-state index in [9.17, 15) is 9.59 Å². The largest absolute Gasteiger partial charge is 0.464 e. The predicted molar refractivity (Wildman–Crippen MR) is 75.7 cm³/mol. The van der Waals surface area contributed by atoms with Gasteiger partial charge in [0.05, 0.1) is 19.0 Å². The second-order valence-corrected chi connectivity index (χ2v) is 5.12. The quantitative estimate of drug-likeness (QED) is 0.688. The lowest BCUT2D eigenvalue weighted by Gasteiger charge is -2.01. The van der Waals surface area contributed by atoms with Gasteiger partial charge in [0.2, 0.25) is 0 Å². The summed E-state index contributed by atoms with van der Waals surface area (Å²) in [6, 6.07) is 1.89. The highest BCUT2D eigenvalue weighted by molar-refractivity contribution is 7.17. The van der Waals surface area contributed by atoms with E-state index in [0.29, 0.717) is 5.13 Å². The molecule has 0 saturated carbocycles. The number of hydrogen-bond donors (Lipinski definition) is 1. The zero-order chi connectivity index (χ0) is 14.7. The summed E-state index contributed by atoms with van der Waals surface area (Å²) in [4.78, 5) is 31.6. The second-order valence-electron chi connectivity index (χ2n) is 4.12. The van der Waals surface area contributed by atoms with Gasteiger partial charge < -0.3 is 10.1 Å². The first kappa shape index (κ1) is 14.1. The number of pyridine rings is 1. The van der Waals surface area contributed by atoms with Crippen molar-refractivity contribution in [3.05, 3.63) is 34.6 Å². The molecule has 0 bridgehead atoms. The lowest BCUT2D eigenvalue weighted by molar-refractivity contribution is 0.0591. The van der Waals surface area contributed by atoms with Crippen molar-refractivity contribution in [3.8, 4) is 0 Å². The Morgan fingerprint density at radius 3 is 2.70 bits per heavy atom. The molecule has 0 amide bonds. The minimum Gasteiger partial charge on any atom is -0.464 e. The SMILES string of the molecule is COC(=O)c1nc(Nc2cncc(C)c2)sc1C(C)=O. The van der Waals surface area contributed by atoms with Crippen LogP contribution in [0.4, 0.5) is 10.8 Å². The third kappa shape index (κ3) is 3.00. The van der Waals surface area contributed by atoms with Gasteiger partial charge in [-0.25, -0.2) is 9.78 Å². The van der Waals surface area contributed by atoms with Crippen LogP contribution < -0.4 is 5.32 Å². The van der Waals surface area contributed by atoms with Crippen LogP contribution in [0, 0.1) is 6.92 Å². The van der Waals surface area contributed by atoms with E-state index in [2.05, 4.69) is 20.0 Å². The molecule has 0 fully saturated rings. The Balaban J connectivity index is 2.34. The summed E-state index contributed by atoms with van der Waals surface area (Å²) in [6.45, 7) is 3.30. The predicted octanol–water partition coefficient (Wildman–Crippen LogP) is 2.58. The number of nitrogens with one attached hydrogen (secondary N) is 1. The molecule has 20 heavy (non-hydrogen) atoms. The van der Waals surface area contributed by atoms with Gasteiger partial charge >= 0.3 is 5.97 Å². The van der Waals surface area contributed by atoms with Crippen LogP contribution in [0.1, 0.15) is 32.6 Å². The summed E-state index contributed by atoms with van der Waals surface area (Å²) in [5.74, 6) is -0.847. The van der Waals surface area contributed by atoms with Crippen LogP contribution in [0.5, 0.6) is 0 Å². The van der Waals surface area contributed by atoms with Crippen molar-refractivity contribution < 1.29 is 14.3 Å². The number of Topliss-reactive ketones (excluding diaryl/α,β-unsaturated/α-hetero) is 1. The van der Waals surface area contributed by atoms with Gasteiger partial charge in [-0.1, -0.05) is 11.3 Å². The lowest BCUT2D eigenvalue weighted by atomic mass is 10.3. The first-order valence-electron chi connectivity index (χ1n) is 5.80. The fourth-order valence-corrected chi connectivity index (χ4v) is 2.46. The van der Waals surface area contributed by atoms with E-state index < -0.39 is 5.97 Å². The molecule has 0 aliphatic rings. The first-order valence-corrected chi connectivity index (χ1v) is 6.61. The van der Waals surface area contributed by atoms with E-state index in [-0.39, 0.29) is 16.4 Å². The fraction of sp³-hybridized carbons (Fsp3) is 0.231. The van der Waals surface area contributed by atoms with Crippen molar-refractivity contribution in [1.82, 2.24) is 9.97 Å². The summed E-state index contributed by atoms with van der Waals surface area (Å²) in [5, 5.41) is 3.47. The van der Waals surface area contributed by atoms with Gasteiger partial charge in [-0.3, -0.25) is 9.78 Å². The number of rotatable bonds is 4. The van der Waals surface area contributed by atoms with Gasteiger partial charge in [-0.2, -0.15) is 0 Å². The number of aryl methyl sites for hydroxylation is 1. The zero-order valence-electron chi connectivity index (χ0n) is 11.3. The fourth-order valence-electron chi connectivity index (χ4n) is 1.59. The summed E-state index contributed by atoms with van der Waals surface area (Å²) < 4.78 is 4.62. The van der Waals surface area contributed by atoms with Gasteiger partial charge in [0, 0.05) is 13.1 Å². The van der Waals surface area contributed by atoms with Crippen LogP contribution >= 0.6 is 11.3 Å². The van der Waals surface area contributed by atoms with Crippen LogP contribution in [0.25, 0.3) is 0 Å². The van der Waals surface area contributed by atoms with Crippen molar-refractivity contribution >= 4 is 33.9 Å². The Morgan fingerprint density at radius 1 is 1.35 bits per heavy atom. The van der Waals surface area contributed by atoms with Crippen LogP contribution in [0.3, 0.4) is 0 Å². The molecule has 7 heteroatoms. The molecule has 104 valence electrons. The topological polar surface area (TPSA) is 81.2 Å². The van der Waals surface area contributed by atoms with Crippen molar-refractivity contribution in [2.75, 3.05) is 12.4 Å². The van der Waals surface area contributed by atoms with E-state index in [1.54, 1.807) is 12.4 Å². The number of ketones is 1. The minimum atomic E-state index is -0.623. The third-order valence-electron chi connectivity index (χ3n) is 2.45. The van der Waals surface area contributed by atoms with Crippen molar-refractivity contribution in [2.24, 2.45) is 0 Å². The number of nitrogens with zero attached hydrogens (tertiary/aromatic N) is 2. The molecule has 6 nitrogen and oxygen atoms in total. The average molecular weight is 291 g/mol. The molecular formula is C13H13N3O3S. The van der Waals surface area contributed by atoms with Crippen molar-refractivity contribution in [1.29, 1.82) is 0 Å². The molecule has 2 aromatic heterocycles. The zero-order valence-corrected chi connectivity index (χ0v) is 12.1. The number of hydrogen-bond acceptors (Lipinski definition) is 7. The molecule has 0 aromatic carbocycles. The van der Waals surface area contributed by atoms with Gasteiger partial charge in [0.1, 0.15) is 4.88 Å². The maximum absolute atomic E-state index is 11.6. The Kier molecular flexibility index (Phi) is 4.09. The molecule has 1 N–H and O–H groups in total. The van der Waals surface area contributed by atoms with E-state index in [1.807, 2.05) is 13.0 Å². The Morgan fingerprint density at radius 2 is 2.10 bits per heavy atom. The highest BCUT2D eigenvalue weighted by atomic mass is 32.1. The molecule has 0 atom stereocenters. The van der Waals surface area contributed by atoms with E-state index in [4.69, 9.17) is 0 Å². The molecule has 0 radical (unpaired) electrons. The van der Waals surface area contributed by atoms with E-state index in [0.717, 1.165) is 22.6 Å². The molecule has 0 unspecified atom stereocenters. The summed E-state index contributed by atoms with van der Waals surface area (Å²) >= 11 is 1.11. The summed E-state index contributed by atoms with van der Waals surface area (Å²) in [5.41, 5.74) is 1.77. The number of anilines is 2. The standard InChI is InChI=1S/C13H13N3O3S/c1-7-4-9(6-14-5-7)15-13-16-10(12(18)19-3)11(20-13)8(2)17/h4-6H,1-3H3,(H,15,16). The number of methoxy groups -OCH3 is 1. The van der Waals surface area contributed by atoms with Crippen molar-refractivity contribution in [3.63, 3.8) is 0 Å².